The molecule has 0 amide bonds. The van der Waals surface area contributed by atoms with E-state index in [-0.39, 0.29) is 11.5 Å². The van der Waals surface area contributed by atoms with Crippen LogP contribution in [0.15, 0.2) is 24.3 Å². The average molecular weight is 591 g/mol. The molecule has 0 saturated heterocycles. The van der Waals surface area contributed by atoms with Crippen molar-refractivity contribution in [2.45, 2.75) is 0 Å². The van der Waals surface area contributed by atoms with Gasteiger partial charge in [-0.3, -0.25) is 0 Å². The van der Waals surface area contributed by atoms with Crippen molar-refractivity contribution in [3.63, 3.8) is 0 Å². The maximum Gasteiger partial charge on any atom is 0.146 e. The van der Waals surface area contributed by atoms with E-state index >= 15 is 0 Å². The number of rotatable bonds is 0. The number of benzene rings is 1. The molecule has 0 heterocycles. The highest BCUT2D eigenvalue weighted by molar-refractivity contribution is 8.90. The fraction of sp³-hybridized carbons (Fsp3) is 0.444. The van der Waals surface area contributed by atoms with Gasteiger partial charge in [-0.05, 0) is 67.4 Å². The summed E-state index contributed by atoms with van der Waals surface area (Å²) in [5.74, 6) is 0.339. The summed E-state index contributed by atoms with van der Waals surface area (Å²) in [6, 6.07) is 5.70. The van der Waals surface area contributed by atoms with E-state index in [0.717, 1.165) is 17.3 Å². The minimum Gasteiger partial charge on any atom is -0.508 e. The Morgan fingerprint density at radius 1 is 0.500 bits per heavy atom. The summed E-state index contributed by atoms with van der Waals surface area (Å²) in [5, 5.41) is 17.3. The minimum absolute atomic E-state index is 0.169. The van der Waals surface area contributed by atoms with Crippen molar-refractivity contribution in [1.29, 1.82) is 0 Å². The Labute approximate surface area is 229 Å². The van der Waals surface area contributed by atoms with Crippen LogP contribution in [0.3, 0.4) is 0 Å². The van der Waals surface area contributed by atoms with E-state index in [1.165, 1.54) is 67.4 Å². The Balaban J connectivity index is 0. The van der Waals surface area contributed by atoms with Crippen molar-refractivity contribution in [2.75, 3.05) is 56.4 Å². The summed E-state index contributed by atoms with van der Waals surface area (Å²) >= 11 is 20.3. The highest BCUT2D eigenvalue weighted by Crippen LogP contribution is 2.27. The molecule has 6 nitrogen and oxygen atoms in total. The van der Waals surface area contributed by atoms with Gasteiger partial charge in [-0.2, -0.15) is 0 Å². The number of nitrogens with zero attached hydrogens (tertiary/aromatic N) is 4. The van der Waals surface area contributed by atoms with E-state index in [4.69, 9.17) is 59.1 Å². The Bertz CT molecular complexity index is 627. The zero-order valence-corrected chi connectivity index (χ0v) is 25.8. The van der Waals surface area contributed by atoms with Crippen LogP contribution < -0.4 is 0 Å². The molecule has 2 N–H and O–H groups in total. The molecule has 0 aliphatic heterocycles. The minimum atomic E-state index is 0.169. The highest BCUT2D eigenvalue weighted by atomic mass is 33.1. The zero-order valence-electron chi connectivity index (χ0n) is 19.3. The Morgan fingerprint density at radius 3 is 0.781 bits per heavy atom. The van der Waals surface area contributed by atoms with E-state index in [1.807, 2.05) is 76.0 Å². The summed E-state index contributed by atoms with van der Waals surface area (Å²) in [7, 11) is 21.5. The molecule has 0 aromatic heterocycles. The van der Waals surface area contributed by atoms with Gasteiger partial charge >= 0.3 is 0 Å². The number of thiocarbonyl (C=S) groups is 4. The lowest BCUT2D eigenvalue weighted by atomic mass is 10.3. The van der Waals surface area contributed by atoms with Gasteiger partial charge in [0.25, 0.3) is 0 Å². The summed E-state index contributed by atoms with van der Waals surface area (Å²) in [6.07, 6.45) is 0. The van der Waals surface area contributed by atoms with E-state index < -0.39 is 0 Å². The van der Waals surface area contributed by atoms with Gasteiger partial charge in [0.1, 0.15) is 28.8 Å². The predicted octanol–water partition coefficient (Wildman–Crippen LogP) is 5.22. The lowest BCUT2D eigenvalue weighted by Crippen LogP contribution is -2.18. The largest absolute Gasteiger partial charge is 0.508 e. The molecule has 0 saturated carbocycles. The predicted molar refractivity (Wildman–Crippen MR) is 165 cm³/mol. The second kappa shape index (κ2) is 19.1. The Hall–Kier alpha value is -0.220. The molecule has 0 bridgehead atoms. The molecule has 0 aliphatic rings. The first-order valence-corrected chi connectivity index (χ1v) is 14.6. The van der Waals surface area contributed by atoms with Crippen LogP contribution in [0, 0.1) is 0 Å². The number of aromatic hydroxyl groups is 2. The van der Waals surface area contributed by atoms with Gasteiger partial charge < -0.3 is 29.8 Å². The average Bonchev–Trinajstić information content (AvgIpc) is 2.72. The molecule has 1 aromatic carbocycles. The van der Waals surface area contributed by atoms with Crippen LogP contribution in [0.1, 0.15) is 0 Å². The lowest BCUT2D eigenvalue weighted by Gasteiger charge is -2.15. The molecule has 1 aromatic rings. The Morgan fingerprint density at radius 2 is 0.656 bits per heavy atom. The highest BCUT2D eigenvalue weighted by Gasteiger charge is 2.05. The molecular formula is C18H30N4O2S8. The molecule has 182 valence electrons. The second-order valence-corrected chi connectivity index (χ2v) is 13.3. The van der Waals surface area contributed by atoms with Crippen molar-refractivity contribution in [3.05, 3.63) is 24.3 Å². The maximum absolute atomic E-state index is 8.65. The fourth-order valence-electron chi connectivity index (χ4n) is 0.893. The topological polar surface area (TPSA) is 53.4 Å². The molecule has 1 rings (SSSR count). The fourth-order valence-corrected chi connectivity index (χ4v) is 5.64. The van der Waals surface area contributed by atoms with Gasteiger partial charge in [0.15, 0.2) is 0 Å². The van der Waals surface area contributed by atoms with E-state index in [0.29, 0.717) is 0 Å². The quantitative estimate of drug-likeness (QED) is 0.236. The van der Waals surface area contributed by atoms with Crippen LogP contribution >= 0.6 is 92.0 Å². The molecule has 0 unspecified atom stereocenters. The van der Waals surface area contributed by atoms with Crippen LogP contribution in [0.4, 0.5) is 0 Å². The van der Waals surface area contributed by atoms with Crippen molar-refractivity contribution < 1.29 is 10.2 Å². The van der Waals surface area contributed by atoms with Gasteiger partial charge in [0.05, 0.1) is 0 Å². The summed E-state index contributed by atoms with van der Waals surface area (Å²) < 4.78 is 3.35. The lowest BCUT2D eigenvalue weighted by molar-refractivity contribution is 0.460. The van der Waals surface area contributed by atoms with Crippen LogP contribution in [0.5, 0.6) is 11.5 Å². The Kier molecular flexibility index (Phi) is 20.3. The number of phenolic OH excluding ortho intramolecular Hbond substituents is 2. The molecule has 32 heavy (non-hydrogen) atoms. The second-order valence-electron chi connectivity index (χ2n) is 6.49. The summed E-state index contributed by atoms with van der Waals surface area (Å²) in [4.78, 5) is 7.58. The number of phenols is 2. The number of hydrogen-bond acceptors (Lipinski definition) is 10. The van der Waals surface area contributed by atoms with E-state index in [1.54, 1.807) is 0 Å². The molecule has 0 spiro atoms. The number of hydrogen-bond donors (Lipinski definition) is 2. The van der Waals surface area contributed by atoms with Crippen LogP contribution in [-0.4, -0.2) is 103 Å². The first-order chi connectivity index (χ1) is 14.7. The van der Waals surface area contributed by atoms with Crippen LogP contribution in [0.2, 0.25) is 0 Å². The molecule has 0 radical (unpaired) electrons. The van der Waals surface area contributed by atoms with Gasteiger partial charge in [0, 0.05) is 56.4 Å². The molecule has 0 aliphatic carbocycles. The maximum atomic E-state index is 8.65. The standard InChI is InChI=1S/2C6H12N2S4.C6H6O2/c2*1-7(2)5(9)11-12-6(10)8(3)4;7-5-1-2-6(8)4-3-5/h2*1-4H3;1-4,7-8H. The van der Waals surface area contributed by atoms with Gasteiger partial charge in [-0.1, -0.05) is 48.9 Å². The zero-order chi connectivity index (χ0) is 25.4. The van der Waals surface area contributed by atoms with Crippen molar-refractivity contribution in [2.24, 2.45) is 0 Å². The van der Waals surface area contributed by atoms with Gasteiger partial charge in [-0.15, -0.1) is 0 Å². The molecule has 0 fully saturated rings. The third kappa shape index (κ3) is 19.3. The third-order valence-electron chi connectivity index (χ3n) is 2.68. The van der Waals surface area contributed by atoms with E-state index in [9.17, 15) is 0 Å². The normalized spacial score (nSPS) is 9.25. The first-order valence-electron chi connectivity index (χ1n) is 8.71. The van der Waals surface area contributed by atoms with Crippen molar-refractivity contribution in [3.8, 4) is 11.5 Å². The third-order valence-corrected chi connectivity index (χ3v) is 11.0. The van der Waals surface area contributed by atoms with Crippen LogP contribution in [-0.2, 0) is 0 Å². The SMILES string of the molecule is CN(C)C(=S)SSC(=S)N(C)C.CN(C)C(=S)SSC(=S)N(C)C.Oc1ccc(O)cc1. The van der Waals surface area contributed by atoms with Crippen LogP contribution in [0.25, 0.3) is 0 Å². The summed E-state index contributed by atoms with van der Waals surface area (Å²) in [6.45, 7) is 0. The first kappa shape index (κ1) is 34.0. The molecule has 14 heteroatoms. The van der Waals surface area contributed by atoms with Gasteiger partial charge in [-0.25, -0.2) is 0 Å². The van der Waals surface area contributed by atoms with Gasteiger partial charge in [0.2, 0.25) is 0 Å². The summed E-state index contributed by atoms with van der Waals surface area (Å²) in [5.41, 5.74) is 0. The monoisotopic (exact) mass is 590 g/mol. The molecule has 0 atom stereocenters. The van der Waals surface area contributed by atoms with Crippen molar-refractivity contribution in [1.82, 2.24) is 19.6 Å². The van der Waals surface area contributed by atoms with E-state index in [2.05, 4.69) is 0 Å². The molecular weight excluding hydrogens is 561 g/mol. The van der Waals surface area contributed by atoms with Crippen molar-refractivity contribution >= 4 is 109 Å². The smallest absolute Gasteiger partial charge is 0.146 e.